The van der Waals surface area contributed by atoms with E-state index in [-0.39, 0.29) is 24.3 Å². The van der Waals surface area contributed by atoms with Crippen molar-refractivity contribution in [3.8, 4) is 5.75 Å². The van der Waals surface area contributed by atoms with Gasteiger partial charge in [-0.2, -0.15) is 0 Å². The topological polar surface area (TPSA) is 84.7 Å². The van der Waals surface area contributed by atoms with Gasteiger partial charge in [0.05, 0.1) is 19.1 Å². The number of hydrogen-bond donors (Lipinski definition) is 2. The molecule has 3 rings (SSSR count). The number of halogens is 1. The molecule has 1 fully saturated rings. The molecule has 0 aliphatic carbocycles. The van der Waals surface area contributed by atoms with E-state index in [0.29, 0.717) is 13.2 Å². The number of nitrogens with one attached hydrogen (secondary N) is 1. The average molecular weight is 446 g/mol. The summed E-state index contributed by atoms with van der Waals surface area (Å²) in [7, 11) is 0. The van der Waals surface area contributed by atoms with E-state index in [1.54, 1.807) is 0 Å². The second kappa shape index (κ2) is 9.71. The van der Waals surface area contributed by atoms with E-state index >= 15 is 0 Å². The van der Waals surface area contributed by atoms with Gasteiger partial charge in [-0.25, -0.2) is 0 Å². The quantitative estimate of drug-likeness (QED) is 0.652. The predicted molar refractivity (Wildman–Crippen MR) is 112 cm³/mol. The van der Waals surface area contributed by atoms with E-state index in [4.69, 9.17) is 10.5 Å². The first-order valence-corrected chi connectivity index (χ1v) is 10.1. The molecule has 0 bridgehead atoms. The summed E-state index contributed by atoms with van der Waals surface area (Å²) in [6, 6.07) is 15.0. The third-order valence-electron chi connectivity index (χ3n) is 4.68. The molecule has 0 saturated carbocycles. The van der Waals surface area contributed by atoms with E-state index < -0.39 is 0 Å². The van der Waals surface area contributed by atoms with Crippen LogP contribution in [0.15, 0.2) is 53.0 Å². The van der Waals surface area contributed by atoms with Crippen LogP contribution >= 0.6 is 15.9 Å². The molecule has 1 aliphatic rings. The SMILES string of the molecule is NC(=O)C1CCCN1Cc1cccc(NC(=O)CCOc2cccc(Br)c2)c1. The second-order valence-electron chi connectivity index (χ2n) is 6.84. The van der Waals surface area contributed by atoms with Crippen LogP contribution < -0.4 is 15.8 Å². The lowest BCUT2D eigenvalue weighted by molar-refractivity contribution is -0.122. The van der Waals surface area contributed by atoms with Gasteiger partial charge in [0.25, 0.3) is 0 Å². The van der Waals surface area contributed by atoms with Crippen LogP contribution in [0.4, 0.5) is 5.69 Å². The maximum absolute atomic E-state index is 12.2. The summed E-state index contributed by atoms with van der Waals surface area (Å²) in [4.78, 5) is 25.8. The van der Waals surface area contributed by atoms with Gasteiger partial charge in [-0.05, 0) is 55.3 Å². The van der Waals surface area contributed by atoms with Crippen molar-refractivity contribution in [3.05, 3.63) is 58.6 Å². The molecular weight excluding hydrogens is 422 g/mol. The minimum atomic E-state index is -0.271. The molecule has 2 aromatic rings. The first-order chi connectivity index (χ1) is 13.5. The second-order valence-corrected chi connectivity index (χ2v) is 7.75. The highest BCUT2D eigenvalue weighted by Gasteiger charge is 2.28. The van der Waals surface area contributed by atoms with Gasteiger partial charge in [-0.15, -0.1) is 0 Å². The van der Waals surface area contributed by atoms with Gasteiger partial charge < -0.3 is 15.8 Å². The first kappa shape index (κ1) is 20.4. The molecule has 1 saturated heterocycles. The minimum Gasteiger partial charge on any atom is -0.493 e. The number of benzene rings is 2. The Bertz CT molecular complexity index is 843. The maximum atomic E-state index is 12.2. The summed E-state index contributed by atoms with van der Waals surface area (Å²) in [5, 5.41) is 2.90. The number of carbonyl (C=O) groups excluding carboxylic acids is 2. The van der Waals surface area contributed by atoms with Crippen molar-refractivity contribution in [1.82, 2.24) is 4.90 Å². The number of rotatable bonds is 8. The number of anilines is 1. The molecule has 1 aliphatic heterocycles. The van der Waals surface area contributed by atoms with Crippen molar-refractivity contribution < 1.29 is 14.3 Å². The molecule has 1 unspecified atom stereocenters. The molecule has 0 spiro atoms. The van der Waals surface area contributed by atoms with Gasteiger partial charge >= 0.3 is 0 Å². The van der Waals surface area contributed by atoms with Crippen LogP contribution in [0.3, 0.4) is 0 Å². The largest absolute Gasteiger partial charge is 0.493 e. The Labute approximate surface area is 173 Å². The number of ether oxygens (including phenoxy) is 1. The Morgan fingerprint density at radius 1 is 1.21 bits per heavy atom. The van der Waals surface area contributed by atoms with E-state index in [0.717, 1.165) is 40.9 Å². The molecule has 0 aromatic heterocycles. The van der Waals surface area contributed by atoms with Crippen molar-refractivity contribution in [2.45, 2.75) is 31.8 Å². The smallest absolute Gasteiger partial charge is 0.234 e. The van der Waals surface area contributed by atoms with Gasteiger partial charge in [0.15, 0.2) is 0 Å². The third kappa shape index (κ3) is 5.81. The number of nitrogens with zero attached hydrogens (tertiary/aromatic N) is 1. The average Bonchev–Trinajstić information content (AvgIpc) is 3.10. The third-order valence-corrected chi connectivity index (χ3v) is 5.18. The summed E-state index contributed by atoms with van der Waals surface area (Å²) < 4.78 is 6.53. The van der Waals surface area contributed by atoms with Crippen LogP contribution in [0.1, 0.15) is 24.8 Å². The number of primary amides is 1. The van der Waals surface area contributed by atoms with Gasteiger partial charge in [0.1, 0.15) is 5.75 Å². The first-order valence-electron chi connectivity index (χ1n) is 9.32. The Morgan fingerprint density at radius 2 is 2.04 bits per heavy atom. The normalized spacial score (nSPS) is 16.7. The number of likely N-dealkylation sites (tertiary alicyclic amines) is 1. The monoisotopic (exact) mass is 445 g/mol. The molecule has 28 heavy (non-hydrogen) atoms. The van der Waals surface area contributed by atoms with Crippen LogP contribution in [0.25, 0.3) is 0 Å². The molecule has 2 aromatic carbocycles. The van der Waals surface area contributed by atoms with E-state index in [2.05, 4.69) is 26.1 Å². The maximum Gasteiger partial charge on any atom is 0.234 e. The lowest BCUT2D eigenvalue weighted by Crippen LogP contribution is -2.39. The minimum absolute atomic E-state index is 0.108. The zero-order valence-electron chi connectivity index (χ0n) is 15.6. The Morgan fingerprint density at radius 3 is 2.82 bits per heavy atom. The zero-order valence-corrected chi connectivity index (χ0v) is 17.2. The van der Waals surface area contributed by atoms with Crippen LogP contribution in [-0.2, 0) is 16.1 Å². The van der Waals surface area contributed by atoms with Crippen LogP contribution in [0.2, 0.25) is 0 Å². The van der Waals surface area contributed by atoms with Crippen LogP contribution in [0, 0.1) is 0 Å². The molecule has 7 heteroatoms. The fourth-order valence-electron chi connectivity index (χ4n) is 3.36. The summed E-state index contributed by atoms with van der Waals surface area (Å²) in [6.45, 7) is 1.80. The highest BCUT2D eigenvalue weighted by atomic mass is 79.9. The molecule has 148 valence electrons. The Kier molecular flexibility index (Phi) is 7.06. The van der Waals surface area contributed by atoms with Crippen LogP contribution in [-0.4, -0.2) is 35.9 Å². The zero-order chi connectivity index (χ0) is 19.9. The van der Waals surface area contributed by atoms with Crippen LogP contribution in [0.5, 0.6) is 5.75 Å². The predicted octanol–water partition coefficient (Wildman–Crippen LogP) is 3.31. The van der Waals surface area contributed by atoms with Crippen molar-refractivity contribution in [2.24, 2.45) is 5.73 Å². The molecular formula is C21H24BrN3O3. The van der Waals surface area contributed by atoms with Crippen molar-refractivity contribution in [1.29, 1.82) is 0 Å². The van der Waals surface area contributed by atoms with Gasteiger partial charge in [0.2, 0.25) is 11.8 Å². The molecule has 6 nitrogen and oxygen atoms in total. The standard InChI is InChI=1S/C21H24BrN3O3/c22-16-5-2-7-18(13-16)28-11-9-20(26)24-17-6-1-4-15(12-17)14-25-10-3-8-19(25)21(23)27/h1-2,4-7,12-13,19H,3,8-11,14H2,(H2,23,27)(H,24,26). The van der Waals surface area contributed by atoms with E-state index in [1.165, 1.54) is 0 Å². The number of amides is 2. The van der Waals surface area contributed by atoms with Gasteiger partial charge in [-0.1, -0.05) is 34.1 Å². The summed E-state index contributed by atoms with van der Waals surface area (Å²) in [5.74, 6) is 0.342. The van der Waals surface area contributed by atoms with Crippen molar-refractivity contribution in [2.75, 3.05) is 18.5 Å². The molecule has 1 heterocycles. The van der Waals surface area contributed by atoms with E-state index in [9.17, 15) is 9.59 Å². The van der Waals surface area contributed by atoms with Gasteiger partial charge in [-0.3, -0.25) is 14.5 Å². The highest BCUT2D eigenvalue weighted by molar-refractivity contribution is 9.10. The number of nitrogens with two attached hydrogens (primary N) is 1. The molecule has 1 atom stereocenters. The Balaban J connectivity index is 1.49. The lowest BCUT2D eigenvalue weighted by Gasteiger charge is -2.22. The lowest BCUT2D eigenvalue weighted by atomic mass is 10.1. The summed E-state index contributed by atoms with van der Waals surface area (Å²) in [5.41, 5.74) is 7.26. The molecule has 2 amide bonds. The Hall–Kier alpha value is -2.38. The fourth-order valence-corrected chi connectivity index (χ4v) is 3.74. The number of carbonyl (C=O) groups is 2. The number of hydrogen-bond acceptors (Lipinski definition) is 4. The van der Waals surface area contributed by atoms with Crippen molar-refractivity contribution >= 4 is 33.4 Å². The summed E-state index contributed by atoms with van der Waals surface area (Å²) >= 11 is 3.39. The molecule has 3 N–H and O–H groups in total. The molecule has 0 radical (unpaired) electrons. The van der Waals surface area contributed by atoms with Crippen molar-refractivity contribution in [3.63, 3.8) is 0 Å². The van der Waals surface area contributed by atoms with E-state index in [1.807, 2.05) is 48.5 Å². The van der Waals surface area contributed by atoms with Gasteiger partial charge in [0, 0.05) is 16.7 Å². The highest BCUT2D eigenvalue weighted by Crippen LogP contribution is 2.21. The summed E-state index contributed by atoms with van der Waals surface area (Å²) in [6.07, 6.45) is 2.04. The fraction of sp³-hybridized carbons (Fsp3) is 0.333.